The molecular formula is C46H58O15. The van der Waals surface area contributed by atoms with Crippen molar-refractivity contribution < 1.29 is 72.8 Å². The van der Waals surface area contributed by atoms with Crippen LogP contribution < -0.4 is 23.7 Å². The molecular weight excluding hydrogens is 792 g/mol. The average molecular weight is 851 g/mol. The van der Waals surface area contributed by atoms with Crippen molar-refractivity contribution in [3.05, 3.63) is 53.1 Å². The molecule has 4 N–H and O–H groups in total. The van der Waals surface area contributed by atoms with Gasteiger partial charge in [0.05, 0.1) is 5.56 Å². The number of fused-ring (bicyclic) bond motifs is 1. The van der Waals surface area contributed by atoms with Crippen LogP contribution in [0.2, 0.25) is 0 Å². The second-order valence-corrected chi connectivity index (χ2v) is 15.0. The van der Waals surface area contributed by atoms with Crippen LogP contribution in [0.25, 0.3) is 0 Å². The fraction of sp³-hybridized carbons (Fsp3) is 0.500. The predicted molar refractivity (Wildman–Crippen MR) is 221 cm³/mol. The molecule has 332 valence electrons. The van der Waals surface area contributed by atoms with Gasteiger partial charge in [0.1, 0.15) is 23.4 Å². The van der Waals surface area contributed by atoms with Gasteiger partial charge in [-0.1, -0.05) is 79.1 Å². The second kappa shape index (κ2) is 23.7. The van der Waals surface area contributed by atoms with Gasteiger partial charge in [-0.3, -0.25) is 19.2 Å². The lowest BCUT2D eigenvalue weighted by Crippen LogP contribution is -2.35. The van der Waals surface area contributed by atoms with Gasteiger partial charge in [0.2, 0.25) is 11.5 Å². The highest BCUT2D eigenvalue weighted by molar-refractivity contribution is 5.92. The van der Waals surface area contributed by atoms with Crippen LogP contribution >= 0.6 is 0 Å². The van der Waals surface area contributed by atoms with Crippen molar-refractivity contribution in [2.75, 3.05) is 0 Å². The van der Waals surface area contributed by atoms with E-state index in [1.54, 1.807) is 0 Å². The highest BCUT2D eigenvalue weighted by atomic mass is 16.6. The summed E-state index contributed by atoms with van der Waals surface area (Å²) in [6, 6.07) is 7.00. The van der Waals surface area contributed by atoms with Crippen LogP contribution in [0.5, 0.6) is 51.7 Å². The van der Waals surface area contributed by atoms with Gasteiger partial charge in [0, 0.05) is 55.4 Å². The summed E-state index contributed by atoms with van der Waals surface area (Å²) in [5.41, 5.74) is -0.0325. The van der Waals surface area contributed by atoms with E-state index in [0.717, 1.165) is 69.6 Å². The number of unbranched alkanes of at least 4 members (excludes halogenated alkanes) is 8. The van der Waals surface area contributed by atoms with E-state index in [4.69, 9.17) is 28.4 Å². The Balaban J connectivity index is 1.78. The van der Waals surface area contributed by atoms with Gasteiger partial charge in [-0.2, -0.15) is 0 Å². The van der Waals surface area contributed by atoms with Crippen LogP contribution in [-0.2, 0) is 30.3 Å². The van der Waals surface area contributed by atoms with Crippen LogP contribution in [0, 0.1) is 0 Å². The smallest absolute Gasteiger partial charge is 0.338 e. The van der Waals surface area contributed by atoms with Gasteiger partial charge in [0.15, 0.2) is 29.1 Å². The number of hydrogen-bond donors (Lipinski definition) is 4. The average Bonchev–Trinajstić information content (AvgIpc) is 3.21. The Hall–Kier alpha value is -5.99. The molecule has 1 heterocycles. The third-order valence-electron chi connectivity index (χ3n) is 9.93. The summed E-state index contributed by atoms with van der Waals surface area (Å²) < 4.78 is 34.3. The molecule has 0 aliphatic carbocycles. The van der Waals surface area contributed by atoms with E-state index in [2.05, 4.69) is 0 Å². The molecule has 0 aromatic heterocycles. The van der Waals surface area contributed by atoms with Crippen molar-refractivity contribution >= 4 is 29.8 Å². The molecule has 3 aromatic rings. The molecule has 0 saturated carbocycles. The number of carbonyl (C=O) groups is 5. The molecule has 1 aliphatic rings. The van der Waals surface area contributed by atoms with Crippen molar-refractivity contribution in [1.82, 2.24) is 0 Å². The zero-order valence-electron chi connectivity index (χ0n) is 35.4. The molecule has 0 saturated heterocycles. The maximum atomic E-state index is 14.2. The Morgan fingerprint density at radius 1 is 0.557 bits per heavy atom. The molecule has 2 unspecified atom stereocenters. The minimum absolute atomic E-state index is 0.0123. The Morgan fingerprint density at radius 3 is 1.34 bits per heavy atom. The van der Waals surface area contributed by atoms with Gasteiger partial charge < -0.3 is 48.8 Å². The van der Waals surface area contributed by atoms with E-state index < -0.39 is 65.1 Å². The van der Waals surface area contributed by atoms with Crippen LogP contribution in [0.1, 0.15) is 158 Å². The van der Waals surface area contributed by atoms with E-state index >= 15 is 0 Å². The Bertz CT molecular complexity index is 1910. The molecule has 3 aromatic carbocycles. The first-order chi connectivity index (χ1) is 29.3. The quantitative estimate of drug-likeness (QED) is 0.0396. The molecule has 4 rings (SSSR count). The van der Waals surface area contributed by atoms with Gasteiger partial charge in [0.25, 0.3) is 0 Å². The monoisotopic (exact) mass is 850 g/mol. The van der Waals surface area contributed by atoms with E-state index in [1.165, 1.54) is 18.2 Å². The van der Waals surface area contributed by atoms with E-state index in [9.17, 15) is 44.4 Å². The number of phenolic OH excluding ortho intramolecular Hbond substituents is 4. The summed E-state index contributed by atoms with van der Waals surface area (Å²) in [7, 11) is 0. The lowest BCUT2D eigenvalue weighted by Gasteiger charge is -2.34. The van der Waals surface area contributed by atoms with Crippen molar-refractivity contribution in [2.24, 2.45) is 0 Å². The number of esters is 5. The molecule has 2 atom stereocenters. The molecule has 15 heteroatoms. The van der Waals surface area contributed by atoms with Gasteiger partial charge in [-0.25, -0.2) is 4.79 Å². The lowest BCUT2D eigenvalue weighted by molar-refractivity contribution is -0.136. The van der Waals surface area contributed by atoms with Crippen LogP contribution in [0.15, 0.2) is 36.4 Å². The van der Waals surface area contributed by atoms with Crippen molar-refractivity contribution in [1.29, 1.82) is 0 Å². The Labute approximate surface area is 355 Å². The van der Waals surface area contributed by atoms with Gasteiger partial charge >= 0.3 is 29.8 Å². The number of hydrogen-bond acceptors (Lipinski definition) is 15. The van der Waals surface area contributed by atoms with Gasteiger partial charge in [-0.05, 0) is 49.9 Å². The fourth-order valence-electron chi connectivity index (χ4n) is 6.59. The summed E-state index contributed by atoms with van der Waals surface area (Å²) in [4.78, 5) is 65.5. The number of aromatic hydroxyl groups is 4. The number of carbonyl (C=O) groups excluding carboxylic acids is 5. The van der Waals surface area contributed by atoms with Crippen LogP contribution in [0.3, 0.4) is 0 Å². The largest absolute Gasteiger partial charge is 0.508 e. The molecule has 0 bridgehead atoms. The Morgan fingerprint density at radius 2 is 0.951 bits per heavy atom. The summed E-state index contributed by atoms with van der Waals surface area (Å²) in [6.45, 7) is 7.88. The maximum Gasteiger partial charge on any atom is 0.338 e. The zero-order chi connectivity index (χ0) is 44.5. The topological polar surface area (TPSA) is 222 Å². The minimum atomic E-state index is -1.32. The number of benzene rings is 3. The minimum Gasteiger partial charge on any atom is -0.508 e. The first-order valence-electron chi connectivity index (χ1n) is 21.3. The van der Waals surface area contributed by atoms with Crippen LogP contribution in [-0.4, -0.2) is 56.4 Å². The van der Waals surface area contributed by atoms with Crippen molar-refractivity contribution in [3.8, 4) is 51.7 Å². The highest BCUT2D eigenvalue weighted by Gasteiger charge is 2.38. The fourth-order valence-corrected chi connectivity index (χ4v) is 6.59. The van der Waals surface area contributed by atoms with E-state index in [1.807, 2.05) is 27.7 Å². The number of phenols is 4. The van der Waals surface area contributed by atoms with Crippen molar-refractivity contribution in [2.45, 2.75) is 149 Å². The molecule has 1 aliphatic heterocycles. The third-order valence-corrected chi connectivity index (χ3v) is 9.93. The second-order valence-electron chi connectivity index (χ2n) is 15.0. The molecule has 15 nitrogen and oxygen atoms in total. The SMILES string of the molecule is CCCCCC(=O)Oc1cc(C(=O)OC2Cc3c(O)cc(O)cc3OC2c2cc(OC(=O)CCCCC)c(O)c(OC(=O)CCCCC)c2)cc(OC(=O)CCCCC)c1O. The lowest BCUT2D eigenvalue weighted by atomic mass is 9.93. The highest BCUT2D eigenvalue weighted by Crippen LogP contribution is 2.47. The molecule has 0 spiro atoms. The van der Waals surface area contributed by atoms with E-state index in [0.29, 0.717) is 25.7 Å². The summed E-state index contributed by atoms with van der Waals surface area (Å²) in [5, 5.41) is 43.5. The summed E-state index contributed by atoms with van der Waals surface area (Å²) >= 11 is 0. The molecule has 0 amide bonds. The first kappa shape index (κ1) is 47.7. The van der Waals surface area contributed by atoms with E-state index in [-0.39, 0.29) is 77.5 Å². The zero-order valence-corrected chi connectivity index (χ0v) is 35.4. The maximum absolute atomic E-state index is 14.2. The molecule has 0 radical (unpaired) electrons. The summed E-state index contributed by atoms with van der Waals surface area (Å²) in [5.74, 6) is -7.39. The Kier molecular flexibility index (Phi) is 18.5. The molecule has 61 heavy (non-hydrogen) atoms. The number of ether oxygens (including phenoxy) is 6. The standard InChI is InChI=1S/C46H58O15/c1-5-9-13-17-39(49)56-34-21-28(22-35(43(34)53)57-40(50)18-14-10-6-2)45-38(27-31-32(48)25-30(47)26-33(31)60-45)61-46(55)29-23-36(58-41(51)19-15-11-7-3)44(54)37(24-29)59-42(52)20-16-12-8-4/h21-26,38,45,47-48,53-54H,5-20,27H2,1-4H3. The number of rotatable bonds is 23. The predicted octanol–water partition coefficient (Wildman–Crippen LogP) is 9.35. The van der Waals surface area contributed by atoms with Crippen LogP contribution in [0.4, 0.5) is 0 Å². The van der Waals surface area contributed by atoms with Gasteiger partial charge in [-0.15, -0.1) is 0 Å². The third kappa shape index (κ3) is 14.0. The first-order valence-corrected chi connectivity index (χ1v) is 21.3. The van der Waals surface area contributed by atoms with Crippen molar-refractivity contribution in [3.63, 3.8) is 0 Å². The normalized spacial score (nSPS) is 14.3. The molecule has 0 fully saturated rings. The summed E-state index contributed by atoms with van der Waals surface area (Å²) in [6.07, 6.45) is 5.74.